The summed E-state index contributed by atoms with van der Waals surface area (Å²) in [4.78, 5) is 11.1. The molecule has 1 heterocycles. The van der Waals surface area contributed by atoms with Gasteiger partial charge in [-0.3, -0.25) is 4.79 Å². The molecule has 0 bridgehead atoms. The predicted octanol–water partition coefficient (Wildman–Crippen LogP) is 2.01. The van der Waals surface area contributed by atoms with Crippen molar-refractivity contribution in [3.8, 4) is 0 Å². The largest absolute Gasteiger partial charge is 0.350 e. The summed E-state index contributed by atoms with van der Waals surface area (Å²) in [6.45, 7) is 5.07. The maximum absolute atomic E-state index is 11.1. The number of rotatable bonds is 4. The van der Waals surface area contributed by atoms with Crippen LogP contribution in [0, 0.1) is 5.41 Å². The SMILES string of the molecule is C=CCC1(CC2OCCO2)C=CC(=O)C=C1. The van der Waals surface area contributed by atoms with Crippen LogP contribution < -0.4 is 0 Å². The summed E-state index contributed by atoms with van der Waals surface area (Å²) in [5, 5.41) is 0. The van der Waals surface area contributed by atoms with Gasteiger partial charge in [0.25, 0.3) is 0 Å². The summed E-state index contributed by atoms with van der Waals surface area (Å²) in [6, 6.07) is 0. The number of hydrogen-bond donors (Lipinski definition) is 0. The lowest BCUT2D eigenvalue weighted by molar-refractivity contribution is -0.110. The lowest BCUT2D eigenvalue weighted by Gasteiger charge is -2.29. The topological polar surface area (TPSA) is 35.5 Å². The van der Waals surface area contributed by atoms with E-state index in [1.165, 1.54) is 0 Å². The fourth-order valence-electron chi connectivity index (χ4n) is 2.07. The second kappa shape index (κ2) is 4.76. The monoisotopic (exact) mass is 220 g/mol. The molecule has 0 saturated carbocycles. The van der Waals surface area contributed by atoms with E-state index in [1.54, 1.807) is 12.2 Å². The van der Waals surface area contributed by atoms with Crippen LogP contribution in [-0.2, 0) is 14.3 Å². The summed E-state index contributed by atoms with van der Waals surface area (Å²) >= 11 is 0. The van der Waals surface area contributed by atoms with Crippen molar-refractivity contribution in [3.63, 3.8) is 0 Å². The first kappa shape index (κ1) is 11.3. The standard InChI is InChI=1S/C13H16O3/c1-2-5-13(6-3-11(14)4-7-13)10-12-15-8-9-16-12/h2-4,6-7,12H,1,5,8-10H2. The molecule has 1 saturated heterocycles. The normalized spacial score (nSPS) is 23.9. The van der Waals surface area contributed by atoms with E-state index in [-0.39, 0.29) is 17.5 Å². The third-order valence-electron chi connectivity index (χ3n) is 2.92. The Morgan fingerprint density at radius 2 is 2.00 bits per heavy atom. The maximum Gasteiger partial charge on any atom is 0.178 e. The van der Waals surface area contributed by atoms with Gasteiger partial charge in [0.1, 0.15) is 0 Å². The van der Waals surface area contributed by atoms with Gasteiger partial charge in [0.05, 0.1) is 13.2 Å². The Bertz CT molecular complexity index is 319. The van der Waals surface area contributed by atoms with Gasteiger partial charge in [-0.05, 0) is 18.6 Å². The molecule has 3 nitrogen and oxygen atoms in total. The van der Waals surface area contributed by atoms with Crippen molar-refractivity contribution in [2.45, 2.75) is 19.1 Å². The summed E-state index contributed by atoms with van der Waals surface area (Å²) in [5.74, 6) is 0.0351. The first-order valence-corrected chi connectivity index (χ1v) is 5.51. The van der Waals surface area contributed by atoms with Crippen LogP contribution in [0.4, 0.5) is 0 Å². The third kappa shape index (κ3) is 2.49. The Morgan fingerprint density at radius 1 is 1.38 bits per heavy atom. The molecular formula is C13H16O3. The molecule has 0 N–H and O–H groups in total. The predicted molar refractivity (Wildman–Crippen MR) is 60.8 cm³/mol. The molecule has 0 amide bonds. The Kier molecular flexibility index (Phi) is 3.36. The number of ketones is 1. The molecule has 16 heavy (non-hydrogen) atoms. The Hall–Kier alpha value is -1.19. The van der Waals surface area contributed by atoms with Crippen molar-refractivity contribution < 1.29 is 14.3 Å². The second-order valence-corrected chi connectivity index (χ2v) is 4.17. The average molecular weight is 220 g/mol. The van der Waals surface area contributed by atoms with E-state index < -0.39 is 0 Å². The van der Waals surface area contributed by atoms with Crippen LogP contribution in [0.15, 0.2) is 37.0 Å². The van der Waals surface area contributed by atoms with E-state index in [2.05, 4.69) is 6.58 Å². The fourth-order valence-corrected chi connectivity index (χ4v) is 2.07. The molecule has 1 aliphatic heterocycles. The molecular weight excluding hydrogens is 204 g/mol. The molecule has 1 fully saturated rings. The van der Waals surface area contributed by atoms with Crippen LogP contribution in [0.3, 0.4) is 0 Å². The Balaban J connectivity index is 2.09. The molecule has 0 aromatic carbocycles. The van der Waals surface area contributed by atoms with E-state index in [9.17, 15) is 4.79 Å². The maximum atomic E-state index is 11.1. The van der Waals surface area contributed by atoms with Gasteiger partial charge in [0.15, 0.2) is 12.1 Å². The van der Waals surface area contributed by atoms with Gasteiger partial charge in [0, 0.05) is 11.8 Å². The molecule has 0 spiro atoms. The van der Waals surface area contributed by atoms with E-state index in [0.29, 0.717) is 13.2 Å². The first-order chi connectivity index (χ1) is 7.74. The first-order valence-electron chi connectivity index (χ1n) is 5.51. The molecule has 0 unspecified atom stereocenters. The zero-order valence-corrected chi connectivity index (χ0v) is 9.22. The molecule has 1 aliphatic carbocycles. The number of carbonyl (C=O) groups is 1. The van der Waals surface area contributed by atoms with Crippen LogP contribution >= 0.6 is 0 Å². The Morgan fingerprint density at radius 3 is 2.56 bits per heavy atom. The van der Waals surface area contributed by atoms with Crippen LogP contribution in [0.1, 0.15) is 12.8 Å². The highest BCUT2D eigenvalue weighted by molar-refractivity contribution is 6.00. The van der Waals surface area contributed by atoms with E-state index in [0.717, 1.165) is 12.8 Å². The molecule has 2 rings (SSSR count). The summed E-state index contributed by atoms with van der Waals surface area (Å²) in [6.07, 6.45) is 10.3. The van der Waals surface area contributed by atoms with Gasteiger partial charge in [-0.15, -0.1) is 6.58 Å². The quantitative estimate of drug-likeness (QED) is 0.680. The third-order valence-corrected chi connectivity index (χ3v) is 2.92. The lowest BCUT2D eigenvalue weighted by Crippen LogP contribution is -2.25. The minimum absolute atomic E-state index is 0.0351. The fraction of sp³-hybridized carbons (Fsp3) is 0.462. The van der Waals surface area contributed by atoms with Crippen LogP contribution in [0.25, 0.3) is 0 Å². The minimum Gasteiger partial charge on any atom is -0.350 e. The van der Waals surface area contributed by atoms with Gasteiger partial charge in [-0.2, -0.15) is 0 Å². The van der Waals surface area contributed by atoms with Crippen molar-refractivity contribution in [2.24, 2.45) is 5.41 Å². The van der Waals surface area contributed by atoms with Gasteiger partial charge in [-0.25, -0.2) is 0 Å². The van der Waals surface area contributed by atoms with Crippen molar-refractivity contribution >= 4 is 5.78 Å². The number of ether oxygens (including phenoxy) is 2. The zero-order chi connectivity index (χ0) is 11.4. The van der Waals surface area contributed by atoms with E-state index in [1.807, 2.05) is 18.2 Å². The van der Waals surface area contributed by atoms with E-state index >= 15 is 0 Å². The van der Waals surface area contributed by atoms with Crippen LogP contribution in [0.2, 0.25) is 0 Å². The van der Waals surface area contributed by atoms with Crippen molar-refractivity contribution in [1.29, 1.82) is 0 Å². The number of hydrogen-bond acceptors (Lipinski definition) is 3. The summed E-state index contributed by atoms with van der Waals surface area (Å²) in [7, 11) is 0. The Labute approximate surface area is 95.4 Å². The minimum atomic E-state index is -0.176. The zero-order valence-electron chi connectivity index (χ0n) is 9.22. The van der Waals surface area contributed by atoms with E-state index in [4.69, 9.17) is 9.47 Å². The van der Waals surface area contributed by atoms with Gasteiger partial charge < -0.3 is 9.47 Å². The van der Waals surface area contributed by atoms with Crippen LogP contribution in [-0.4, -0.2) is 25.3 Å². The van der Waals surface area contributed by atoms with Gasteiger partial charge >= 0.3 is 0 Å². The molecule has 0 aromatic heterocycles. The number of carbonyl (C=O) groups excluding carboxylic acids is 1. The molecule has 86 valence electrons. The molecule has 3 heteroatoms. The highest BCUT2D eigenvalue weighted by atomic mass is 16.7. The highest BCUT2D eigenvalue weighted by Gasteiger charge is 2.31. The van der Waals surface area contributed by atoms with Gasteiger partial charge in [-0.1, -0.05) is 18.2 Å². The van der Waals surface area contributed by atoms with Crippen molar-refractivity contribution in [2.75, 3.05) is 13.2 Å². The van der Waals surface area contributed by atoms with Gasteiger partial charge in [0.2, 0.25) is 0 Å². The highest BCUT2D eigenvalue weighted by Crippen LogP contribution is 2.36. The summed E-state index contributed by atoms with van der Waals surface area (Å²) in [5.41, 5.74) is -0.176. The smallest absolute Gasteiger partial charge is 0.178 e. The second-order valence-electron chi connectivity index (χ2n) is 4.17. The summed E-state index contributed by atoms with van der Waals surface area (Å²) < 4.78 is 10.9. The molecule has 0 aromatic rings. The molecule has 0 atom stereocenters. The van der Waals surface area contributed by atoms with Crippen molar-refractivity contribution in [1.82, 2.24) is 0 Å². The number of allylic oxidation sites excluding steroid dienone is 5. The van der Waals surface area contributed by atoms with Crippen molar-refractivity contribution in [3.05, 3.63) is 37.0 Å². The lowest BCUT2D eigenvalue weighted by atomic mass is 9.78. The van der Waals surface area contributed by atoms with Crippen LogP contribution in [0.5, 0.6) is 0 Å². The molecule has 2 aliphatic rings. The average Bonchev–Trinajstić information content (AvgIpc) is 2.76. The molecule has 0 radical (unpaired) electrons.